The molecule has 2 aromatic carbocycles. The fraction of sp³-hybridized carbons (Fsp3) is 0.439. The van der Waals surface area contributed by atoms with E-state index in [-0.39, 0.29) is 29.3 Å². The fourth-order valence-electron chi connectivity index (χ4n) is 6.50. The third kappa shape index (κ3) is 11.1. The van der Waals surface area contributed by atoms with Crippen molar-refractivity contribution in [2.75, 3.05) is 13.1 Å². The van der Waals surface area contributed by atoms with E-state index in [1.165, 1.54) is 5.56 Å². The summed E-state index contributed by atoms with van der Waals surface area (Å²) >= 11 is 1.84. The SMILES string of the molecule is CC(C)[C@H](NC(=O)c1ccc2ccccc2n1)C(=O)NC(Cc1ccccc1)C(O)CN1CCC(SCc2ccncc2)CC1C(=O)NC(C)(C)C. The van der Waals surface area contributed by atoms with Gasteiger partial charge in [0, 0.05) is 47.4 Å². The van der Waals surface area contributed by atoms with Gasteiger partial charge >= 0.3 is 0 Å². The number of benzene rings is 2. The summed E-state index contributed by atoms with van der Waals surface area (Å²) in [5.41, 5.74) is 2.64. The normalized spacial score (nSPS) is 18.4. The lowest BCUT2D eigenvalue weighted by atomic mass is 9.95. The number of amides is 3. The van der Waals surface area contributed by atoms with Gasteiger partial charge < -0.3 is 21.1 Å². The van der Waals surface area contributed by atoms with Gasteiger partial charge in [0.2, 0.25) is 11.8 Å². The van der Waals surface area contributed by atoms with E-state index in [9.17, 15) is 19.5 Å². The minimum Gasteiger partial charge on any atom is -0.390 e. The Morgan fingerprint density at radius 1 is 0.923 bits per heavy atom. The molecule has 1 aliphatic rings. The van der Waals surface area contributed by atoms with E-state index in [0.717, 1.165) is 23.1 Å². The van der Waals surface area contributed by atoms with Crippen LogP contribution in [0.3, 0.4) is 0 Å². The number of nitrogens with one attached hydrogen (secondary N) is 3. The lowest BCUT2D eigenvalue weighted by Crippen LogP contribution is -2.60. The Morgan fingerprint density at radius 3 is 2.35 bits per heavy atom. The van der Waals surface area contributed by atoms with Crippen molar-refractivity contribution in [2.45, 2.75) is 94.7 Å². The topological polar surface area (TPSA) is 137 Å². The second-order valence-corrected chi connectivity index (χ2v) is 16.3. The molecule has 1 fully saturated rings. The number of rotatable bonds is 14. The molecule has 3 heterocycles. The Morgan fingerprint density at radius 2 is 1.63 bits per heavy atom. The number of likely N-dealkylation sites (tertiary alicyclic amines) is 1. The smallest absolute Gasteiger partial charge is 0.270 e. The highest BCUT2D eigenvalue weighted by Gasteiger charge is 2.38. The number of aliphatic hydroxyl groups is 1. The Bertz CT molecular complexity index is 1780. The molecule has 1 saturated heterocycles. The zero-order valence-electron chi connectivity index (χ0n) is 30.8. The number of aromatic nitrogens is 2. The van der Waals surface area contributed by atoms with Crippen molar-refractivity contribution in [3.05, 3.63) is 108 Å². The molecule has 4 unspecified atom stereocenters. The van der Waals surface area contributed by atoms with E-state index >= 15 is 0 Å². The Labute approximate surface area is 311 Å². The molecule has 0 bridgehead atoms. The number of fused-ring (bicyclic) bond motifs is 1. The van der Waals surface area contributed by atoms with Crippen LogP contribution in [0.5, 0.6) is 0 Å². The second kappa shape index (κ2) is 17.9. The predicted molar refractivity (Wildman–Crippen MR) is 208 cm³/mol. The summed E-state index contributed by atoms with van der Waals surface area (Å²) in [5, 5.41) is 22.2. The zero-order chi connectivity index (χ0) is 37.3. The van der Waals surface area contributed by atoms with Gasteiger partial charge in [-0.15, -0.1) is 0 Å². The molecule has 1 aliphatic heterocycles. The highest BCUT2D eigenvalue weighted by molar-refractivity contribution is 7.99. The molecule has 11 heteroatoms. The highest BCUT2D eigenvalue weighted by Crippen LogP contribution is 2.31. The van der Waals surface area contributed by atoms with Crippen molar-refractivity contribution in [3.63, 3.8) is 0 Å². The van der Waals surface area contributed by atoms with Gasteiger partial charge in [-0.2, -0.15) is 11.8 Å². The molecule has 276 valence electrons. The number of hydrogen-bond acceptors (Lipinski definition) is 8. The predicted octanol–water partition coefficient (Wildman–Crippen LogP) is 5.15. The summed E-state index contributed by atoms with van der Waals surface area (Å²) in [4.78, 5) is 51.8. The van der Waals surface area contributed by atoms with E-state index in [1.807, 2.05) is 119 Å². The largest absolute Gasteiger partial charge is 0.390 e. The van der Waals surface area contributed by atoms with Crippen LogP contribution in [0.1, 0.15) is 69.1 Å². The number of thioether (sulfide) groups is 1. The maximum Gasteiger partial charge on any atom is 0.270 e. The van der Waals surface area contributed by atoms with Crippen LogP contribution in [-0.2, 0) is 21.8 Å². The van der Waals surface area contributed by atoms with Gasteiger partial charge in [-0.25, -0.2) is 4.98 Å². The van der Waals surface area contributed by atoms with Crippen LogP contribution in [0.2, 0.25) is 0 Å². The Hall–Kier alpha value is -4.32. The molecule has 52 heavy (non-hydrogen) atoms. The minimum atomic E-state index is -0.999. The quantitative estimate of drug-likeness (QED) is 0.140. The van der Waals surface area contributed by atoms with E-state index in [1.54, 1.807) is 18.5 Å². The molecule has 0 radical (unpaired) electrons. The minimum absolute atomic E-state index is 0.0672. The number of piperidine rings is 1. The van der Waals surface area contributed by atoms with E-state index in [4.69, 9.17) is 0 Å². The number of para-hydroxylation sites is 1. The van der Waals surface area contributed by atoms with Crippen molar-refractivity contribution in [3.8, 4) is 0 Å². The molecule has 3 amide bonds. The number of aliphatic hydroxyl groups excluding tert-OH is 1. The molecular weight excluding hydrogens is 673 g/mol. The van der Waals surface area contributed by atoms with E-state index < -0.39 is 41.6 Å². The third-order valence-electron chi connectivity index (χ3n) is 9.28. The van der Waals surface area contributed by atoms with E-state index in [2.05, 4.69) is 30.8 Å². The van der Waals surface area contributed by atoms with Crippen molar-refractivity contribution >= 4 is 40.4 Å². The molecule has 0 saturated carbocycles. The first-order valence-corrected chi connectivity index (χ1v) is 19.2. The van der Waals surface area contributed by atoms with Crippen molar-refractivity contribution in [1.29, 1.82) is 0 Å². The van der Waals surface area contributed by atoms with Gasteiger partial charge in [0.1, 0.15) is 11.7 Å². The average molecular weight is 725 g/mol. The third-order valence-corrected chi connectivity index (χ3v) is 10.7. The maximum atomic E-state index is 14.0. The first-order chi connectivity index (χ1) is 24.9. The Kier molecular flexibility index (Phi) is 13.4. The molecular formula is C41H52N6O4S. The summed E-state index contributed by atoms with van der Waals surface area (Å²) in [7, 11) is 0. The number of hydrogen-bond donors (Lipinski definition) is 4. The summed E-state index contributed by atoms with van der Waals surface area (Å²) in [6, 6.07) is 22.8. The highest BCUT2D eigenvalue weighted by atomic mass is 32.2. The number of carbonyl (C=O) groups excluding carboxylic acids is 3. The zero-order valence-corrected chi connectivity index (χ0v) is 31.6. The number of β-amino-alcohol motifs (C(OH)–C–C–N with tert-alkyl or cyclic N) is 1. The lowest BCUT2D eigenvalue weighted by Gasteiger charge is -2.41. The summed E-state index contributed by atoms with van der Waals surface area (Å²) in [6.07, 6.45) is 4.47. The number of nitrogens with zero attached hydrogens (tertiary/aromatic N) is 3. The van der Waals surface area contributed by atoms with Gasteiger partial charge in [0.25, 0.3) is 5.91 Å². The van der Waals surface area contributed by atoms with Gasteiger partial charge in [0.15, 0.2) is 0 Å². The van der Waals surface area contributed by atoms with Gasteiger partial charge in [-0.1, -0.05) is 68.4 Å². The lowest BCUT2D eigenvalue weighted by molar-refractivity contribution is -0.130. The summed E-state index contributed by atoms with van der Waals surface area (Å²) in [6.45, 7) is 10.5. The van der Waals surface area contributed by atoms with Gasteiger partial charge in [-0.05, 0) is 81.3 Å². The molecule has 0 spiro atoms. The first kappa shape index (κ1) is 38.9. The first-order valence-electron chi connectivity index (χ1n) is 18.1. The van der Waals surface area contributed by atoms with Crippen molar-refractivity contribution < 1.29 is 19.5 Å². The standard InChI is InChI=1S/C41H52N6O4S/c1-27(2)37(45-38(49)33-16-15-30-13-9-10-14-32(30)43-33)40(51)44-34(23-28-11-7-6-8-12-28)36(48)25-47-22-19-31(52-26-29-17-20-42-21-18-29)24-35(47)39(50)46-41(3,4)5/h6-18,20-21,27,31,34-37,48H,19,22-26H2,1-5H3,(H,44,51)(H,45,49)(H,46,50)/t31?,34?,35?,36?,37-/m0/s1. The molecule has 5 rings (SSSR count). The molecule has 4 aromatic rings. The van der Waals surface area contributed by atoms with Gasteiger partial charge in [0.05, 0.1) is 23.7 Å². The fourth-order valence-corrected chi connectivity index (χ4v) is 7.72. The maximum absolute atomic E-state index is 14.0. The van der Waals surface area contributed by atoms with Crippen LogP contribution in [0.4, 0.5) is 0 Å². The van der Waals surface area contributed by atoms with Crippen LogP contribution in [-0.4, -0.2) is 85.8 Å². The van der Waals surface area contributed by atoms with Crippen LogP contribution >= 0.6 is 11.8 Å². The summed E-state index contributed by atoms with van der Waals surface area (Å²) < 4.78 is 0. The molecule has 2 aromatic heterocycles. The second-order valence-electron chi connectivity index (χ2n) is 15.0. The monoisotopic (exact) mass is 724 g/mol. The van der Waals surface area contributed by atoms with Crippen LogP contribution in [0.15, 0.2) is 91.3 Å². The average Bonchev–Trinajstić information content (AvgIpc) is 3.12. The van der Waals surface area contributed by atoms with Crippen molar-refractivity contribution in [2.24, 2.45) is 5.92 Å². The Balaban J connectivity index is 1.31. The van der Waals surface area contributed by atoms with Crippen LogP contribution < -0.4 is 16.0 Å². The van der Waals surface area contributed by atoms with Crippen molar-refractivity contribution in [1.82, 2.24) is 30.8 Å². The van der Waals surface area contributed by atoms with Gasteiger partial charge in [-0.3, -0.25) is 24.3 Å². The number of pyridine rings is 2. The molecule has 0 aliphatic carbocycles. The number of carbonyl (C=O) groups is 3. The van der Waals surface area contributed by atoms with Crippen LogP contribution in [0.25, 0.3) is 10.9 Å². The van der Waals surface area contributed by atoms with E-state index in [0.29, 0.717) is 24.9 Å². The molecule has 4 N–H and O–H groups in total. The molecule has 5 atom stereocenters. The summed E-state index contributed by atoms with van der Waals surface area (Å²) in [5.74, 6) is -0.316. The van der Waals surface area contributed by atoms with Crippen LogP contribution in [0, 0.1) is 5.92 Å². The molecule has 10 nitrogen and oxygen atoms in total.